The summed E-state index contributed by atoms with van der Waals surface area (Å²) in [5.74, 6) is -0.283. The van der Waals surface area contributed by atoms with E-state index in [1.165, 1.54) is 6.07 Å². The highest BCUT2D eigenvalue weighted by Crippen LogP contribution is 2.39. The van der Waals surface area contributed by atoms with Crippen LogP contribution in [0.3, 0.4) is 0 Å². The molecule has 0 fully saturated rings. The molecule has 0 aromatic carbocycles. The first-order valence-corrected chi connectivity index (χ1v) is 8.91. The lowest BCUT2D eigenvalue weighted by Gasteiger charge is -2.32. The minimum Gasteiger partial charge on any atom is -0.367 e. The number of fused-ring (bicyclic) bond motifs is 1. The fourth-order valence-electron chi connectivity index (χ4n) is 3.21. The molecule has 1 aliphatic rings. The van der Waals surface area contributed by atoms with Crippen LogP contribution in [-0.4, -0.2) is 38.9 Å². The summed E-state index contributed by atoms with van der Waals surface area (Å²) in [5, 5.41) is 9.73. The molecule has 0 saturated heterocycles. The zero-order valence-corrected chi connectivity index (χ0v) is 15.1. The highest BCUT2D eigenvalue weighted by molar-refractivity contribution is 5.93. The third-order valence-corrected chi connectivity index (χ3v) is 4.61. The molecule has 146 valence electrons. The molecule has 3 heterocycles. The smallest absolute Gasteiger partial charge is 0.367 e. The Labute approximate surface area is 155 Å². The quantitative estimate of drug-likeness (QED) is 0.833. The maximum absolute atomic E-state index is 13.4. The molecule has 0 spiro atoms. The predicted octanol–water partition coefficient (Wildman–Crippen LogP) is 3.34. The normalized spacial score (nSPS) is 20.5. The van der Waals surface area contributed by atoms with Gasteiger partial charge >= 0.3 is 6.18 Å². The molecule has 3 rings (SSSR count). The molecule has 27 heavy (non-hydrogen) atoms. The number of halogens is 3. The van der Waals surface area contributed by atoms with Crippen LogP contribution in [0.1, 0.15) is 48.9 Å². The zero-order valence-electron chi connectivity index (χ0n) is 15.1. The number of pyridine rings is 1. The number of alkyl halides is 3. The largest absolute Gasteiger partial charge is 0.410 e. The van der Waals surface area contributed by atoms with Gasteiger partial charge in [-0.25, -0.2) is 4.68 Å². The fraction of sp³-hybridized carbons (Fsp3) is 0.500. The Morgan fingerprint density at radius 3 is 2.85 bits per heavy atom. The molecule has 0 saturated carbocycles. The van der Waals surface area contributed by atoms with E-state index in [0.29, 0.717) is 12.8 Å². The van der Waals surface area contributed by atoms with E-state index in [9.17, 15) is 18.0 Å². The molecule has 0 bridgehead atoms. The molecule has 1 aliphatic heterocycles. The van der Waals surface area contributed by atoms with E-state index >= 15 is 0 Å². The number of anilines is 1. The molecule has 6 nitrogen and oxygen atoms in total. The number of amides is 1. The van der Waals surface area contributed by atoms with Gasteiger partial charge in [0.15, 0.2) is 11.7 Å². The standard InChI is InChI=1S/C18H22F3N5O/c1-3-12-9-15(18(19,20)21)26-16(24-12)10-14(25-26)17(27)23-11(2)8-13-6-4-5-7-22-13/h4-7,10-12,15,24H,3,8-9H2,1-2H3,(H,23,27)/t11-,12-,15-/m1/s1. The minimum atomic E-state index is -4.42. The Hall–Kier alpha value is -2.58. The molecule has 0 radical (unpaired) electrons. The molecule has 3 atom stereocenters. The van der Waals surface area contributed by atoms with E-state index in [0.717, 1.165) is 10.4 Å². The van der Waals surface area contributed by atoms with Crippen LogP contribution in [0.2, 0.25) is 0 Å². The summed E-state index contributed by atoms with van der Waals surface area (Å²) < 4.78 is 41.1. The van der Waals surface area contributed by atoms with Gasteiger partial charge in [0.2, 0.25) is 0 Å². The van der Waals surface area contributed by atoms with Crippen molar-refractivity contribution in [2.75, 3.05) is 5.32 Å². The monoisotopic (exact) mass is 381 g/mol. The number of hydrogen-bond acceptors (Lipinski definition) is 4. The highest BCUT2D eigenvalue weighted by atomic mass is 19.4. The van der Waals surface area contributed by atoms with Crippen molar-refractivity contribution in [2.24, 2.45) is 0 Å². The van der Waals surface area contributed by atoms with Crippen molar-refractivity contribution in [2.45, 2.75) is 57.4 Å². The number of carbonyl (C=O) groups is 1. The van der Waals surface area contributed by atoms with Gasteiger partial charge in [0, 0.05) is 36.5 Å². The van der Waals surface area contributed by atoms with Gasteiger partial charge in [-0.15, -0.1) is 0 Å². The lowest BCUT2D eigenvalue weighted by molar-refractivity contribution is -0.173. The van der Waals surface area contributed by atoms with Crippen LogP contribution in [0.4, 0.5) is 19.0 Å². The first-order chi connectivity index (χ1) is 12.8. The molecule has 0 aliphatic carbocycles. The maximum atomic E-state index is 13.4. The van der Waals surface area contributed by atoms with Gasteiger partial charge in [0.25, 0.3) is 5.91 Å². The van der Waals surface area contributed by atoms with Gasteiger partial charge in [-0.3, -0.25) is 9.78 Å². The van der Waals surface area contributed by atoms with Crippen LogP contribution >= 0.6 is 0 Å². The van der Waals surface area contributed by atoms with Crippen LogP contribution in [0.25, 0.3) is 0 Å². The molecule has 1 amide bonds. The van der Waals surface area contributed by atoms with Gasteiger partial charge < -0.3 is 10.6 Å². The average Bonchev–Trinajstić information content (AvgIpc) is 3.04. The number of nitrogens with one attached hydrogen (secondary N) is 2. The Morgan fingerprint density at radius 1 is 1.44 bits per heavy atom. The third-order valence-electron chi connectivity index (χ3n) is 4.61. The van der Waals surface area contributed by atoms with Crippen LogP contribution in [0, 0.1) is 0 Å². The molecular weight excluding hydrogens is 359 g/mol. The lowest BCUT2D eigenvalue weighted by Crippen LogP contribution is -2.39. The first-order valence-electron chi connectivity index (χ1n) is 8.91. The second-order valence-electron chi connectivity index (χ2n) is 6.80. The number of rotatable bonds is 5. The molecule has 2 aromatic rings. The number of carbonyl (C=O) groups excluding carboxylic acids is 1. The minimum absolute atomic E-state index is 0.0311. The summed E-state index contributed by atoms with van der Waals surface area (Å²) in [6.45, 7) is 3.64. The van der Waals surface area contributed by atoms with Crippen molar-refractivity contribution in [3.8, 4) is 0 Å². The molecule has 2 N–H and O–H groups in total. The first kappa shape index (κ1) is 19.2. The summed E-state index contributed by atoms with van der Waals surface area (Å²) in [6.07, 6.45) is -1.79. The molecular formula is C18H22F3N5O. The van der Waals surface area contributed by atoms with Gasteiger partial charge in [0.05, 0.1) is 0 Å². The Kier molecular flexibility index (Phi) is 5.38. The Bertz CT molecular complexity index is 790. The maximum Gasteiger partial charge on any atom is 0.410 e. The van der Waals surface area contributed by atoms with Gasteiger partial charge in [-0.1, -0.05) is 13.0 Å². The van der Waals surface area contributed by atoms with E-state index in [1.54, 1.807) is 12.3 Å². The van der Waals surface area contributed by atoms with Crippen molar-refractivity contribution < 1.29 is 18.0 Å². The van der Waals surface area contributed by atoms with Crippen LogP contribution < -0.4 is 10.6 Å². The Morgan fingerprint density at radius 2 is 2.22 bits per heavy atom. The average molecular weight is 381 g/mol. The van der Waals surface area contributed by atoms with Crippen LogP contribution in [0.5, 0.6) is 0 Å². The second-order valence-corrected chi connectivity index (χ2v) is 6.80. The number of hydrogen-bond donors (Lipinski definition) is 2. The topological polar surface area (TPSA) is 71.8 Å². The van der Waals surface area contributed by atoms with Gasteiger partial charge in [-0.05, 0) is 31.9 Å². The van der Waals surface area contributed by atoms with Crippen molar-refractivity contribution in [3.63, 3.8) is 0 Å². The molecule has 0 unspecified atom stereocenters. The highest BCUT2D eigenvalue weighted by Gasteiger charge is 2.46. The van der Waals surface area contributed by atoms with Crippen molar-refractivity contribution in [3.05, 3.63) is 41.9 Å². The summed E-state index contributed by atoms with van der Waals surface area (Å²) in [5.41, 5.74) is 0.787. The number of aromatic nitrogens is 3. The van der Waals surface area contributed by atoms with E-state index in [1.807, 2.05) is 26.0 Å². The van der Waals surface area contributed by atoms with Gasteiger partial charge in [0.1, 0.15) is 5.82 Å². The third kappa shape index (κ3) is 4.40. The van der Waals surface area contributed by atoms with Crippen LogP contribution in [0.15, 0.2) is 30.5 Å². The zero-order chi connectivity index (χ0) is 19.6. The van der Waals surface area contributed by atoms with E-state index in [4.69, 9.17) is 0 Å². The lowest BCUT2D eigenvalue weighted by atomic mass is 10.0. The molecule has 9 heteroatoms. The predicted molar refractivity (Wildman–Crippen MR) is 94.5 cm³/mol. The van der Waals surface area contributed by atoms with Crippen molar-refractivity contribution in [1.29, 1.82) is 0 Å². The van der Waals surface area contributed by atoms with Crippen molar-refractivity contribution >= 4 is 11.7 Å². The second kappa shape index (κ2) is 7.58. The Balaban J connectivity index is 1.74. The van der Waals surface area contributed by atoms with E-state index < -0.39 is 18.1 Å². The fourth-order valence-corrected chi connectivity index (χ4v) is 3.21. The SMILES string of the molecule is CC[C@@H]1C[C@H](C(F)(F)F)n2nc(C(=O)N[C@H](C)Cc3ccccn3)cc2N1. The summed E-state index contributed by atoms with van der Waals surface area (Å²) in [7, 11) is 0. The van der Waals surface area contributed by atoms with Crippen LogP contribution in [-0.2, 0) is 6.42 Å². The van der Waals surface area contributed by atoms with E-state index in [-0.39, 0.29) is 30.0 Å². The van der Waals surface area contributed by atoms with E-state index in [2.05, 4.69) is 20.7 Å². The summed E-state index contributed by atoms with van der Waals surface area (Å²) >= 11 is 0. The molecule has 2 aromatic heterocycles. The summed E-state index contributed by atoms with van der Waals surface area (Å²) in [4.78, 5) is 16.7. The van der Waals surface area contributed by atoms with Gasteiger partial charge in [-0.2, -0.15) is 18.3 Å². The number of nitrogens with zero attached hydrogens (tertiary/aromatic N) is 3. The van der Waals surface area contributed by atoms with Crippen molar-refractivity contribution in [1.82, 2.24) is 20.1 Å². The summed E-state index contributed by atoms with van der Waals surface area (Å²) in [6, 6.07) is 4.61.